The molecule has 25 heavy (non-hydrogen) atoms. The molecular weight excluding hydrogens is 324 g/mol. The maximum Gasteiger partial charge on any atom is 0.344 e. The third kappa shape index (κ3) is 6.35. The van der Waals surface area contributed by atoms with Gasteiger partial charge in [-0.05, 0) is 36.8 Å². The first-order valence-electron chi connectivity index (χ1n) is 7.94. The van der Waals surface area contributed by atoms with Gasteiger partial charge in [-0.25, -0.2) is 4.79 Å². The molecular formula is C19H22O6. The molecule has 0 aromatic heterocycles. The van der Waals surface area contributed by atoms with Gasteiger partial charge in [0.2, 0.25) is 0 Å². The lowest BCUT2D eigenvalue weighted by Gasteiger charge is -2.10. The lowest BCUT2D eigenvalue weighted by atomic mass is 10.2. The monoisotopic (exact) mass is 346 g/mol. The summed E-state index contributed by atoms with van der Waals surface area (Å²) in [5, 5.41) is 0. The molecule has 0 saturated heterocycles. The summed E-state index contributed by atoms with van der Waals surface area (Å²) in [4.78, 5) is 11.8. The number of methoxy groups -OCH3 is 1. The van der Waals surface area contributed by atoms with E-state index in [9.17, 15) is 4.79 Å². The van der Waals surface area contributed by atoms with Crippen molar-refractivity contribution in [2.24, 2.45) is 0 Å². The van der Waals surface area contributed by atoms with Crippen LogP contribution in [0.15, 0.2) is 48.5 Å². The smallest absolute Gasteiger partial charge is 0.344 e. The van der Waals surface area contributed by atoms with Gasteiger partial charge in [0.05, 0.1) is 7.11 Å². The average Bonchev–Trinajstić information content (AvgIpc) is 2.66. The van der Waals surface area contributed by atoms with Gasteiger partial charge in [0.1, 0.15) is 12.4 Å². The minimum atomic E-state index is -0.456. The molecule has 134 valence electrons. The first-order chi connectivity index (χ1) is 12.2. The summed E-state index contributed by atoms with van der Waals surface area (Å²) in [7, 11) is 1.54. The Morgan fingerprint density at radius 3 is 2.36 bits per heavy atom. The van der Waals surface area contributed by atoms with Crippen LogP contribution in [-0.2, 0) is 20.9 Å². The SMILES string of the molecule is CCOCOc1ccc(COC(=O)COc2ccccc2OC)cc1. The molecule has 2 aromatic rings. The highest BCUT2D eigenvalue weighted by molar-refractivity contribution is 5.71. The Morgan fingerprint density at radius 2 is 1.68 bits per heavy atom. The maximum absolute atomic E-state index is 11.8. The van der Waals surface area contributed by atoms with Crippen LogP contribution in [0.3, 0.4) is 0 Å². The molecule has 0 unspecified atom stereocenters. The third-order valence-corrected chi connectivity index (χ3v) is 3.25. The molecule has 0 aliphatic carbocycles. The molecule has 0 bridgehead atoms. The van der Waals surface area contributed by atoms with E-state index >= 15 is 0 Å². The van der Waals surface area contributed by atoms with Crippen molar-refractivity contribution < 1.29 is 28.5 Å². The van der Waals surface area contributed by atoms with Crippen molar-refractivity contribution in [3.05, 3.63) is 54.1 Å². The first kappa shape index (κ1) is 18.6. The second-order valence-electron chi connectivity index (χ2n) is 5.00. The van der Waals surface area contributed by atoms with Gasteiger partial charge in [-0.2, -0.15) is 0 Å². The lowest BCUT2D eigenvalue weighted by Crippen LogP contribution is -2.15. The molecule has 2 aromatic carbocycles. The fraction of sp³-hybridized carbons (Fsp3) is 0.316. The highest BCUT2D eigenvalue weighted by Gasteiger charge is 2.08. The summed E-state index contributed by atoms with van der Waals surface area (Å²) in [6.45, 7) is 2.70. The summed E-state index contributed by atoms with van der Waals surface area (Å²) in [5.41, 5.74) is 0.856. The van der Waals surface area contributed by atoms with E-state index in [1.807, 2.05) is 25.1 Å². The zero-order valence-electron chi connectivity index (χ0n) is 14.4. The van der Waals surface area contributed by atoms with Crippen LogP contribution in [0, 0.1) is 0 Å². The molecule has 0 amide bonds. The highest BCUT2D eigenvalue weighted by atomic mass is 16.7. The zero-order valence-corrected chi connectivity index (χ0v) is 14.4. The van der Waals surface area contributed by atoms with Gasteiger partial charge in [-0.1, -0.05) is 24.3 Å². The summed E-state index contributed by atoms with van der Waals surface area (Å²) < 4.78 is 26.3. The number of esters is 1. The average molecular weight is 346 g/mol. The van der Waals surface area contributed by atoms with Crippen LogP contribution in [0.5, 0.6) is 17.2 Å². The molecule has 0 aliphatic heterocycles. The van der Waals surface area contributed by atoms with Gasteiger partial charge in [0.25, 0.3) is 0 Å². The number of benzene rings is 2. The molecule has 0 fully saturated rings. The van der Waals surface area contributed by atoms with Crippen LogP contribution in [0.2, 0.25) is 0 Å². The van der Waals surface area contributed by atoms with Gasteiger partial charge in [0.15, 0.2) is 24.9 Å². The number of carbonyl (C=O) groups is 1. The van der Waals surface area contributed by atoms with Crippen molar-refractivity contribution in [1.82, 2.24) is 0 Å². The van der Waals surface area contributed by atoms with Crippen LogP contribution in [-0.4, -0.2) is 33.1 Å². The predicted octanol–water partition coefficient (Wildman–Crippen LogP) is 3.19. The Morgan fingerprint density at radius 1 is 0.960 bits per heavy atom. The molecule has 0 atom stereocenters. The van der Waals surface area contributed by atoms with Crippen LogP contribution < -0.4 is 14.2 Å². The van der Waals surface area contributed by atoms with E-state index in [2.05, 4.69) is 0 Å². The second kappa shape index (κ2) is 10.2. The largest absolute Gasteiger partial charge is 0.493 e. The van der Waals surface area contributed by atoms with E-state index in [4.69, 9.17) is 23.7 Å². The predicted molar refractivity (Wildman–Crippen MR) is 91.8 cm³/mol. The molecule has 0 saturated carbocycles. The summed E-state index contributed by atoms with van der Waals surface area (Å²) >= 11 is 0. The summed E-state index contributed by atoms with van der Waals surface area (Å²) in [5.74, 6) is 1.31. The van der Waals surface area contributed by atoms with E-state index in [0.29, 0.717) is 23.9 Å². The summed E-state index contributed by atoms with van der Waals surface area (Å²) in [6, 6.07) is 14.4. The Labute approximate surface area is 147 Å². The highest BCUT2D eigenvalue weighted by Crippen LogP contribution is 2.25. The van der Waals surface area contributed by atoms with Crippen molar-refractivity contribution in [1.29, 1.82) is 0 Å². The fourth-order valence-electron chi connectivity index (χ4n) is 1.96. The normalized spacial score (nSPS) is 10.2. The number of hydrogen-bond donors (Lipinski definition) is 0. The van der Waals surface area contributed by atoms with Gasteiger partial charge in [-0.15, -0.1) is 0 Å². The Kier molecular flexibility index (Phi) is 7.59. The van der Waals surface area contributed by atoms with E-state index in [0.717, 1.165) is 5.56 Å². The fourth-order valence-corrected chi connectivity index (χ4v) is 1.96. The molecule has 0 heterocycles. The molecule has 0 spiro atoms. The first-order valence-corrected chi connectivity index (χ1v) is 7.94. The number of para-hydroxylation sites is 2. The van der Waals surface area contributed by atoms with E-state index in [-0.39, 0.29) is 20.0 Å². The molecule has 2 rings (SSSR count). The quantitative estimate of drug-likeness (QED) is 0.374. The molecule has 0 N–H and O–H groups in total. The van der Waals surface area contributed by atoms with Crippen molar-refractivity contribution in [3.63, 3.8) is 0 Å². The topological polar surface area (TPSA) is 63.2 Å². The van der Waals surface area contributed by atoms with Crippen molar-refractivity contribution >= 4 is 5.97 Å². The van der Waals surface area contributed by atoms with E-state index < -0.39 is 5.97 Å². The minimum absolute atomic E-state index is 0.167. The second-order valence-corrected chi connectivity index (χ2v) is 5.00. The number of carbonyl (C=O) groups excluding carboxylic acids is 1. The number of rotatable bonds is 10. The van der Waals surface area contributed by atoms with Gasteiger partial charge < -0.3 is 23.7 Å². The Hall–Kier alpha value is -2.73. The van der Waals surface area contributed by atoms with Gasteiger partial charge in [0, 0.05) is 6.61 Å². The van der Waals surface area contributed by atoms with E-state index in [1.165, 1.54) is 0 Å². The Bertz CT molecular complexity index is 653. The van der Waals surface area contributed by atoms with Crippen LogP contribution in [0.25, 0.3) is 0 Å². The minimum Gasteiger partial charge on any atom is -0.493 e. The Balaban J connectivity index is 1.74. The van der Waals surface area contributed by atoms with Crippen molar-refractivity contribution in [3.8, 4) is 17.2 Å². The molecule has 6 nitrogen and oxygen atoms in total. The zero-order chi connectivity index (χ0) is 17.9. The third-order valence-electron chi connectivity index (χ3n) is 3.25. The lowest BCUT2D eigenvalue weighted by molar-refractivity contribution is -0.147. The number of hydrogen-bond acceptors (Lipinski definition) is 6. The molecule has 0 radical (unpaired) electrons. The maximum atomic E-state index is 11.8. The molecule has 6 heteroatoms. The van der Waals surface area contributed by atoms with E-state index in [1.54, 1.807) is 37.4 Å². The van der Waals surface area contributed by atoms with Crippen LogP contribution >= 0.6 is 0 Å². The van der Waals surface area contributed by atoms with Gasteiger partial charge >= 0.3 is 5.97 Å². The van der Waals surface area contributed by atoms with Crippen LogP contribution in [0.1, 0.15) is 12.5 Å². The molecule has 0 aliphatic rings. The van der Waals surface area contributed by atoms with Crippen molar-refractivity contribution in [2.45, 2.75) is 13.5 Å². The van der Waals surface area contributed by atoms with Gasteiger partial charge in [-0.3, -0.25) is 0 Å². The standard InChI is InChI=1S/C19H22O6/c1-3-22-14-25-16-10-8-15(9-11-16)12-24-19(20)13-23-18-7-5-4-6-17(18)21-2/h4-11H,3,12-14H2,1-2H3. The van der Waals surface area contributed by atoms with Crippen LogP contribution in [0.4, 0.5) is 0 Å². The van der Waals surface area contributed by atoms with Crippen molar-refractivity contribution in [2.75, 3.05) is 27.1 Å². The summed E-state index contributed by atoms with van der Waals surface area (Å²) in [6.07, 6.45) is 0. The number of ether oxygens (including phenoxy) is 5.